The van der Waals surface area contributed by atoms with Gasteiger partial charge in [0.1, 0.15) is 17.6 Å². The molecule has 6 nitrogen and oxygen atoms in total. The van der Waals surface area contributed by atoms with E-state index in [4.69, 9.17) is 18.9 Å². The fourth-order valence-corrected chi connectivity index (χ4v) is 2.47. The number of cyclic esters (lactones) is 1. The Balaban J connectivity index is 2.51. The molecule has 2 rings (SSSR count). The van der Waals surface area contributed by atoms with Crippen molar-refractivity contribution >= 4 is 11.8 Å². The molecular formula is C15H18O6. The molecule has 1 saturated heterocycles. The summed E-state index contributed by atoms with van der Waals surface area (Å²) in [5.41, 5.74) is 0.598. The van der Waals surface area contributed by atoms with Crippen LogP contribution < -0.4 is 14.2 Å². The summed E-state index contributed by atoms with van der Waals surface area (Å²) < 4.78 is 21.1. The summed E-state index contributed by atoms with van der Waals surface area (Å²) in [6.45, 7) is 1.45. The lowest BCUT2D eigenvalue weighted by Crippen LogP contribution is -2.16. The van der Waals surface area contributed by atoms with Crippen LogP contribution in [0.1, 0.15) is 25.0 Å². The van der Waals surface area contributed by atoms with Gasteiger partial charge in [-0.2, -0.15) is 0 Å². The molecule has 0 spiro atoms. The van der Waals surface area contributed by atoms with E-state index in [0.717, 1.165) is 0 Å². The fraction of sp³-hybridized carbons (Fsp3) is 0.467. The monoisotopic (exact) mass is 294 g/mol. The standard InChI is InChI=1S/C15H18O6/c1-8(16)9-6-14(17)21-15(9)10-5-12(19-3)13(20-4)7-11(10)18-2/h5,7,9,15H,6H2,1-4H3. The van der Waals surface area contributed by atoms with Gasteiger partial charge in [0.05, 0.1) is 33.7 Å². The van der Waals surface area contributed by atoms with Crippen molar-refractivity contribution < 1.29 is 28.5 Å². The smallest absolute Gasteiger partial charge is 0.307 e. The summed E-state index contributed by atoms with van der Waals surface area (Å²) in [7, 11) is 4.53. The third-order valence-corrected chi connectivity index (χ3v) is 3.58. The lowest BCUT2D eigenvalue weighted by molar-refractivity contribution is -0.141. The summed E-state index contributed by atoms with van der Waals surface area (Å²) in [5.74, 6) is 0.475. The zero-order valence-electron chi connectivity index (χ0n) is 12.5. The molecular weight excluding hydrogens is 276 g/mol. The number of benzene rings is 1. The van der Waals surface area contributed by atoms with Crippen LogP contribution in [0.2, 0.25) is 0 Å². The number of Topliss-reactive ketones (excluding diaryl/α,β-unsaturated/α-hetero) is 1. The molecule has 1 aliphatic rings. The topological polar surface area (TPSA) is 71.1 Å². The van der Waals surface area contributed by atoms with Gasteiger partial charge in [-0.05, 0) is 13.0 Å². The second-order valence-corrected chi connectivity index (χ2v) is 4.78. The molecule has 0 aromatic heterocycles. The Morgan fingerprint density at radius 1 is 1.10 bits per heavy atom. The number of hydrogen-bond acceptors (Lipinski definition) is 6. The maximum atomic E-state index is 11.7. The van der Waals surface area contributed by atoms with E-state index in [9.17, 15) is 9.59 Å². The molecule has 114 valence electrons. The SMILES string of the molecule is COc1cc(OC)c(C2OC(=O)CC2C(C)=O)cc1OC. The summed E-state index contributed by atoms with van der Waals surface area (Å²) in [6.07, 6.45) is -0.581. The number of carbonyl (C=O) groups is 2. The van der Waals surface area contributed by atoms with Crippen molar-refractivity contribution in [2.75, 3.05) is 21.3 Å². The van der Waals surface area contributed by atoms with Gasteiger partial charge in [-0.3, -0.25) is 9.59 Å². The zero-order chi connectivity index (χ0) is 15.6. The number of carbonyl (C=O) groups excluding carboxylic acids is 2. The first-order valence-corrected chi connectivity index (χ1v) is 6.51. The molecule has 2 unspecified atom stereocenters. The highest BCUT2D eigenvalue weighted by Crippen LogP contribution is 2.44. The number of rotatable bonds is 5. The van der Waals surface area contributed by atoms with Crippen molar-refractivity contribution in [1.29, 1.82) is 0 Å². The van der Waals surface area contributed by atoms with Crippen LogP contribution in [-0.2, 0) is 14.3 Å². The van der Waals surface area contributed by atoms with E-state index in [1.165, 1.54) is 28.3 Å². The van der Waals surface area contributed by atoms with Crippen LogP contribution in [0.25, 0.3) is 0 Å². The minimum absolute atomic E-state index is 0.0809. The molecule has 0 N–H and O–H groups in total. The van der Waals surface area contributed by atoms with Gasteiger partial charge in [0, 0.05) is 11.6 Å². The number of ether oxygens (including phenoxy) is 4. The van der Waals surface area contributed by atoms with Gasteiger partial charge >= 0.3 is 5.97 Å². The Morgan fingerprint density at radius 2 is 1.67 bits per heavy atom. The first kappa shape index (κ1) is 15.2. The van der Waals surface area contributed by atoms with E-state index in [2.05, 4.69) is 0 Å². The average Bonchev–Trinajstić information content (AvgIpc) is 2.87. The molecule has 0 aliphatic carbocycles. The lowest BCUT2D eigenvalue weighted by atomic mass is 9.91. The molecule has 6 heteroatoms. The van der Waals surface area contributed by atoms with Crippen LogP contribution in [0.4, 0.5) is 0 Å². The van der Waals surface area contributed by atoms with Crippen LogP contribution in [0, 0.1) is 5.92 Å². The van der Waals surface area contributed by atoms with E-state index < -0.39 is 18.0 Å². The highest BCUT2D eigenvalue weighted by Gasteiger charge is 2.40. The van der Waals surface area contributed by atoms with E-state index in [1.807, 2.05) is 0 Å². The Morgan fingerprint density at radius 3 is 2.19 bits per heavy atom. The maximum Gasteiger partial charge on any atom is 0.307 e. The molecule has 1 aromatic carbocycles. The Labute approximate surface area is 122 Å². The van der Waals surface area contributed by atoms with Crippen molar-refractivity contribution in [2.24, 2.45) is 5.92 Å². The fourth-order valence-electron chi connectivity index (χ4n) is 2.47. The molecule has 1 fully saturated rings. The quantitative estimate of drug-likeness (QED) is 0.772. The maximum absolute atomic E-state index is 11.7. The number of methoxy groups -OCH3 is 3. The van der Waals surface area contributed by atoms with Crippen LogP contribution in [0.15, 0.2) is 12.1 Å². The molecule has 1 aliphatic heterocycles. The highest BCUT2D eigenvalue weighted by molar-refractivity contribution is 5.87. The summed E-state index contributed by atoms with van der Waals surface area (Å²) in [6, 6.07) is 3.33. The van der Waals surface area contributed by atoms with Crippen molar-refractivity contribution in [1.82, 2.24) is 0 Å². The first-order chi connectivity index (χ1) is 10.0. The predicted octanol–water partition coefficient (Wildman–Crippen LogP) is 1.91. The van der Waals surface area contributed by atoms with E-state index in [1.54, 1.807) is 12.1 Å². The van der Waals surface area contributed by atoms with Gasteiger partial charge in [-0.25, -0.2) is 0 Å². The minimum Gasteiger partial charge on any atom is -0.496 e. The number of esters is 1. The molecule has 0 bridgehead atoms. The van der Waals surface area contributed by atoms with E-state index >= 15 is 0 Å². The van der Waals surface area contributed by atoms with Gasteiger partial charge in [0.2, 0.25) is 0 Å². The Bertz CT molecular complexity index is 566. The van der Waals surface area contributed by atoms with Crippen LogP contribution >= 0.6 is 0 Å². The van der Waals surface area contributed by atoms with Crippen LogP contribution in [0.5, 0.6) is 17.2 Å². The predicted molar refractivity (Wildman–Crippen MR) is 73.7 cm³/mol. The van der Waals surface area contributed by atoms with Gasteiger partial charge < -0.3 is 18.9 Å². The van der Waals surface area contributed by atoms with Crippen molar-refractivity contribution in [2.45, 2.75) is 19.4 Å². The molecule has 1 aromatic rings. The summed E-state index contributed by atoms with van der Waals surface area (Å²) in [5, 5.41) is 0. The zero-order valence-corrected chi connectivity index (χ0v) is 12.5. The second kappa shape index (κ2) is 6.03. The summed E-state index contributed by atoms with van der Waals surface area (Å²) >= 11 is 0. The summed E-state index contributed by atoms with van der Waals surface area (Å²) in [4.78, 5) is 23.3. The van der Waals surface area contributed by atoms with Crippen molar-refractivity contribution in [3.05, 3.63) is 17.7 Å². The molecule has 0 radical (unpaired) electrons. The third-order valence-electron chi connectivity index (χ3n) is 3.58. The molecule has 2 atom stereocenters. The van der Waals surface area contributed by atoms with Crippen LogP contribution in [-0.4, -0.2) is 33.1 Å². The third kappa shape index (κ3) is 2.79. The Kier molecular flexibility index (Phi) is 4.35. The molecule has 0 amide bonds. The Hall–Kier alpha value is -2.24. The molecule has 1 heterocycles. The van der Waals surface area contributed by atoms with Gasteiger partial charge in [-0.1, -0.05) is 0 Å². The number of ketones is 1. The van der Waals surface area contributed by atoms with Crippen molar-refractivity contribution in [3.8, 4) is 17.2 Å². The van der Waals surface area contributed by atoms with Crippen LogP contribution in [0.3, 0.4) is 0 Å². The van der Waals surface area contributed by atoms with E-state index in [0.29, 0.717) is 22.8 Å². The van der Waals surface area contributed by atoms with Gasteiger partial charge in [0.15, 0.2) is 11.5 Å². The second-order valence-electron chi connectivity index (χ2n) is 4.78. The van der Waals surface area contributed by atoms with Gasteiger partial charge in [0.25, 0.3) is 0 Å². The van der Waals surface area contributed by atoms with E-state index in [-0.39, 0.29) is 12.2 Å². The molecule has 0 saturated carbocycles. The largest absolute Gasteiger partial charge is 0.496 e. The number of hydrogen-bond donors (Lipinski definition) is 0. The highest BCUT2D eigenvalue weighted by atomic mass is 16.6. The minimum atomic E-state index is -0.662. The molecule has 21 heavy (non-hydrogen) atoms. The normalized spacial score (nSPS) is 20.9. The van der Waals surface area contributed by atoms with Gasteiger partial charge in [-0.15, -0.1) is 0 Å². The van der Waals surface area contributed by atoms with Crippen molar-refractivity contribution in [3.63, 3.8) is 0 Å². The average molecular weight is 294 g/mol. The lowest BCUT2D eigenvalue weighted by Gasteiger charge is -2.20. The first-order valence-electron chi connectivity index (χ1n) is 6.51.